The van der Waals surface area contributed by atoms with Crippen molar-refractivity contribution in [3.8, 4) is 0 Å². The van der Waals surface area contributed by atoms with Crippen molar-refractivity contribution in [2.75, 3.05) is 6.54 Å². The molecule has 0 radical (unpaired) electrons. The van der Waals surface area contributed by atoms with E-state index in [0.29, 0.717) is 29.2 Å². The summed E-state index contributed by atoms with van der Waals surface area (Å²) in [4.78, 5) is 14.9. The predicted octanol–water partition coefficient (Wildman–Crippen LogP) is 0.576. The number of nitrogens with zero attached hydrogens (tertiary/aromatic N) is 2. The summed E-state index contributed by atoms with van der Waals surface area (Å²) in [5.41, 5.74) is 0.735. The van der Waals surface area contributed by atoms with Crippen LogP contribution in [-0.4, -0.2) is 23.4 Å². The van der Waals surface area contributed by atoms with Gasteiger partial charge in [-0.1, -0.05) is 26.8 Å². The lowest BCUT2D eigenvalue weighted by atomic mass is 9.65. The molecule has 2 bridgehead atoms. The minimum absolute atomic E-state index is 0. The van der Waals surface area contributed by atoms with Crippen molar-refractivity contribution in [2.45, 2.75) is 71.9 Å². The van der Waals surface area contributed by atoms with Crippen molar-refractivity contribution >= 4 is 5.91 Å². The quantitative estimate of drug-likeness (QED) is 0.529. The summed E-state index contributed by atoms with van der Waals surface area (Å²) in [5.74, 6) is 0.384. The second kappa shape index (κ2) is 7.55. The molecule has 1 aromatic heterocycles. The summed E-state index contributed by atoms with van der Waals surface area (Å²) in [6.07, 6.45) is 10.6. The molecule has 0 spiro atoms. The molecule has 2 unspecified atom stereocenters. The van der Waals surface area contributed by atoms with Crippen LogP contribution in [0, 0.1) is 10.8 Å². The van der Waals surface area contributed by atoms with Crippen LogP contribution in [-0.2, 0) is 11.3 Å². The monoisotopic (exact) mass is 394 g/mol. The number of hydrogen-bond acceptors (Lipinski definition) is 1. The van der Waals surface area contributed by atoms with Gasteiger partial charge in [-0.3, -0.25) is 4.79 Å². The molecule has 1 amide bonds. The van der Waals surface area contributed by atoms with E-state index in [4.69, 9.17) is 0 Å². The van der Waals surface area contributed by atoms with Crippen LogP contribution in [0.2, 0.25) is 0 Å². The Kier molecular flexibility index (Phi) is 6.11. The van der Waals surface area contributed by atoms with Crippen molar-refractivity contribution < 1.29 is 26.3 Å². The third kappa shape index (κ3) is 4.59. The maximum Gasteiger partial charge on any atom is 0.222 e. The van der Waals surface area contributed by atoms with Crippen molar-refractivity contribution in [3.05, 3.63) is 30.6 Å². The summed E-state index contributed by atoms with van der Waals surface area (Å²) in [5, 5.41) is 0. The van der Waals surface area contributed by atoms with Crippen molar-refractivity contribution in [1.82, 2.24) is 4.90 Å². The summed E-state index contributed by atoms with van der Waals surface area (Å²) in [6.45, 7) is 9.08. The molecule has 2 heterocycles. The van der Waals surface area contributed by atoms with Crippen molar-refractivity contribution in [3.63, 3.8) is 0 Å². The zero-order valence-corrected chi connectivity index (χ0v) is 16.9. The first-order chi connectivity index (χ1) is 10.9. The molecule has 3 nitrogen and oxygen atoms in total. The van der Waals surface area contributed by atoms with E-state index in [2.05, 4.69) is 54.8 Å². The van der Waals surface area contributed by atoms with Crippen LogP contribution in [0.4, 0.5) is 0 Å². The van der Waals surface area contributed by atoms with E-state index in [0.717, 1.165) is 25.9 Å². The van der Waals surface area contributed by atoms with Crippen LogP contribution in [0.15, 0.2) is 30.6 Å². The Hall–Kier alpha value is -0.900. The van der Waals surface area contributed by atoms with Crippen LogP contribution in [0.3, 0.4) is 0 Å². The molecule has 0 aromatic carbocycles. The maximum absolute atomic E-state index is 12.7. The van der Waals surface area contributed by atoms with Gasteiger partial charge in [-0.25, -0.2) is 4.57 Å². The number of carbonyl (C=O) groups excluding carboxylic acids is 1. The Morgan fingerprint density at radius 1 is 1.12 bits per heavy atom. The van der Waals surface area contributed by atoms with Gasteiger partial charge in [0.15, 0.2) is 12.4 Å². The highest BCUT2D eigenvalue weighted by atomic mass is 79.9. The van der Waals surface area contributed by atoms with E-state index in [1.54, 1.807) is 0 Å². The average Bonchev–Trinajstić information content (AvgIpc) is 2.73. The molecule has 1 saturated heterocycles. The zero-order chi connectivity index (χ0) is 16.5. The first-order valence-corrected chi connectivity index (χ1v) is 9.11. The fraction of sp³-hybridized carbons (Fsp3) is 0.700. The molecule has 2 aliphatic rings. The van der Waals surface area contributed by atoms with Gasteiger partial charge in [-0.15, -0.1) is 0 Å². The van der Waals surface area contributed by atoms with Gasteiger partial charge in [-0.2, -0.15) is 0 Å². The lowest BCUT2D eigenvalue weighted by Crippen LogP contribution is -3.00. The molecular formula is C20H31BrN2O. The Morgan fingerprint density at radius 2 is 1.83 bits per heavy atom. The molecular weight excluding hydrogens is 364 g/mol. The minimum Gasteiger partial charge on any atom is -1.00 e. The van der Waals surface area contributed by atoms with Crippen LogP contribution in [0.25, 0.3) is 0 Å². The molecule has 24 heavy (non-hydrogen) atoms. The number of aromatic nitrogens is 1. The Bertz CT molecular complexity index is 560. The van der Waals surface area contributed by atoms with Crippen LogP contribution in [0.1, 0.15) is 59.3 Å². The fourth-order valence-electron chi connectivity index (χ4n) is 5.05. The smallest absolute Gasteiger partial charge is 0.222 e. The number of halogens is 1. The standard InChI is InChI=1S/C20H31N2O.BrH/c1-19(2)13-17-14-20(3,15-19)16-22(17)18(23)9-5-8-12-21-10-6-4-7-11-21;/h4,6-7,10-11,17H,5,8-9,12-16H2,1-3H3;1H/q+1;/p-1. The third-order valence-corrected chi connectivity index (χ3v) is 5.57. The van der Waals surface area contributed by atoms with Gasteiger partial charge >= 0.3 is 0 Å². The molecule has 4 heteroatoms. The summed E-state index contributed by atoms with van der Waals surface area (Å²) < 4.78 is 2.19. The van der Waals surface area contributed by atoms with Crippen molar-refractivity contribution in [2.24, 2.45) is 10.8 Å². The maximum atomic E-state index is 12.7. The molecule has 134 valence electrons. The summed E-state index contributed by atoms with van der Waals surface area (Å²) >= 11 is 0. The van der Waals surface area contributed by atoms with E-state index < -0.39 is 0 Å². The molecule has 0 N–H and O–H groups in total. The number of likely N-dealkylation sites (tertiary alicyclic amines) is 1. The number of amides is 1. The topological polar surface area (TPSA) is 24.2 Å². The molecule has 1 saturated carbocycles. The molecule has 2 fully saturated rings. The van der Waals surface area contributed by atoms with E-state index >= 15 is 0 Å². The van der Waals surface area contributed by atoms with Gasteiger partial charge < -0.3 is 21.9 Å². The molecule has 1 aliphatic heterocycles. The Labute approximate surface area is 157 Å². The second-order valence-electron chi connectivity index (χ2n) is 8.81. The average molecular weight is 395 g/mol. The Morgan fingerprint density at radius 3 is 2.54 bits per heavy atom. The number of aryl methyl sites for hydroxylation is 1. The van der Waals surface area contributed by atoms with E-state index in [-0.39, 0.29) is 17.0 Å². The second-order valence-corrected chi connectivity index (χ2v) is 8.81. The van der Waals surface area contributed by atoms with Crippen LogP contribution in [0.5, 0.6) is 0 Å². The highest BCUT2D eigenvalue weighted by Gasteiger charge is 2.50. The van der Waals surface area contributed by atoms with Gasteiger partial charge in [-0.05, 0) is 36.5 Å². The zero-order valence-electron chi connectivity index (χ0n) is 15.3. The lowest BCUT2D eigenvalue weighted by Gasteiger charge is -2.39. The highest BCUT2D eigenvalue weighted by molar-refractivity contribution is 5.77. The summed E-state index contributed by atoms with van der Waals surface area (Å²) in [7, 11) is 0. The minimum atomic E-state index is 0. The van der Waals surface area contributed by atoms with Crippen LogP contribution < -0.4 is 21.5 Å². The fourth-order valence-corrected chi connectivity index (χ4v) is 5.05. The first-order valence-electron chi connectivity index (χ1n) is 9.11. The number of unbranched alkanes of at least 4 members (excludes halogenated alkanes) is 1. The van der Waals surface area contributed by atoms with Gasteiger partial charge in [0.2, 0.25) is 5.91 Å². The predicted molar refractivity (Wildman–Crippen MR) is 91.7 cm³/mol. The van der Waals surface area contributed by atoms with Gasteiger partial charge in [0.05, 0.1) is 0 Å². The van der Waals surface area contributed by atoms with E-state index in [1.807, 2.05) is 6.07 Å². The number of carbonyl (C=O) groups is 1. The van der Waals surface area contributed by atoms with Crippen LogP contribution >= 0.6 is 0 Å². The molecule has 1 aromatic rings. The largest absolute Gasteiger partial charge is 1.00 e. The number of hydrogen-bond donors (Lipinski definition) is 0. The molecule has 3 rings (SSSR count). The van der Waals surface area contributed by atoms with E-state index in [1.165, 1.54) is 19.3 Å². The number of rotatable bonds is 5. The highest BCUT2D eigenvalue weighted by Crippen LogP contribution is 2.52. The lowest BCUT2D eigenvalue weighted by molar-refractivity contribution is -0.697. The normalized spacial score (nSPS) is 27.6. The number of fused-ring (bicyclic) bond motifs is 2. The molecule has 1 aliphatic carbocycles. The summed E-state index contributed by atoms with van der Waals surface area (Å²) in [6, 6.07) is 6.63. The van der Waals surface area contributed by atoms with Gasteiger partial charge in [0.1, 0.15) is 6.54 Å². The SMILES string of the molecule is CC1(C)CC2CC(C)(CN2C(=O)CCCC[n+]2ccccc2)C1.[Br-]. The third-order valence-electron chi connectivity index (χ3n) is 5.57. The first kappa shape index (κ1) is 19.4. The van der Waals surface area contributed by atoms with E-state index in [9.17, 15) is 4.79 Å². The van der Waals surface area contributed by atoms with Crippen molar-refractivity contribution in [1.29, 1.82) is 0 Å². The van der Waals surface area contributed by atoms with Gasteiger partial charge in [0, 0.05) is 37.6 Å². The Balaban J connectivity index is 0.00000208. The molecule has 2 atom stereocenters. The number of pyridine rings is 1. The van der Waals surface area contributed by atoms with Gasteiger partial charge in [0.25, 0.3) is 0 Å².